The molecule has 1 aliphatic heterocycles. The number of imidazole rings is 1. The molecule has 2 aromatic rings. The SMILES string of the molecule is Cc1ccc(-c2cn(CC3CCOC3)c(C(C)(C)C)n2)o1. The van der Waals surface area contributed by atoms with Gasteiger partial charge in [-0.1, -0.05) is 20.8 Å². The van der Waals surface area contributed by atoms with Crippen molar-refractivity contribution in [3.05, 3.63) is 29.9 Å². The molecule has 3 heterocycles. The molecule has 1 fully saturated rings. The fourth-order valence-electron chi connectivity index (χ4n) is 2.85. The normalized spacial score (nSPS) is 19.3. The van der Waals surface area contributed by atoms with Crippen molar-refractivity contribution in [1.29, 1.82) is 0 Å². The Balaban J connectivity index is 1.94. The van der Waals surface area contributed by atoms with Crippen molar-refractivity contribution in [2.75, 3.05) is 13.2 Å². The first kappa shape index (κ1) is 14.4. The maximum Gasteiger partial charge on any atom is 0.154 e. The molecule has 1 saturated heterocycles. The molecule has 0 spiro atoms. The summed E-state index contributed by atoms with van der Waals surface area (Å²) in [5, 5.41) is 0. The highest BCUT2D eigenvalue weighted by atomic mass is 16.5. The lowest BCUT2D eigenvalue weighted by Gasteiger charge is -2.21. The molecule has 4 heteroatoms. The summed E-state index contributed by atoms with van der Waals surface area (Å²) in [6.07, 6.45) is 3.26. The van der Waals surface area contributed by atoms with Crippen molar-refractivity contribution < 1.29 is 9.15 Å². The number of nitrogens with zero attached hydrogens (tertiary/aromatic N) is 2. The predicted octanol–water partition coefficient (Wildman–Crippen LogP) is 3.79. The van der Waals surface area contributed by atoms with Crippen molar-refractivity contribution in [3.63, 3.8) is 0 Å². The first-order chi connectivity index (χ1) is 9.93. The van der Waals surface area contributed by atoms with Gasteiger partial charge in [-0.15, -0.1) is 0 Å². The van der Waals surface area contributed by atoms with Gasteiger partial charge in [0, 0.05) is 30.7 Å². The van der Waals surface area contributed by atoms with E-state index in [1.54, 1.807) is 0 Å². The molecule has 0 radical (unpaired) electrons. The van der Waals surface area contributed by atoms with E-state index in [0.717, 1.165) is 49.2 Å². The Morgan fingerprint density at radius 2 is 2.14 bits per heavy atom. The average molecular weight is 288 g/mol. The minimum absolute atomic E-state index is 0.0132. The molecule has 2 aromatic heterocycles. The predicted molar refractivity (Wildman–Crippen MR) is 82.3 cm³/mol. The minimum atomic E-state index is 0.0132. The van der Waals surface area contributed by atoms with E-state index in [1.807, 2.05) is 19.1 Å². The zero-order chi connectivity index (χ0) is 15.0. The number of hydrogen-bond acceptors (Lipinski definition) is 3. The second kappa shape index (κ2) is 5.34. The van der Waals surface area contributed by atoms with E-state index in [0.29, 0.717) is 5.92 Å². The van der Waals surface area contributed by atoms with Gasteiger partial charge in [0.15, 0.2) is 5.76 Å². The molecule has 21 heavy (non-hydrogen) atoms. The molecule has 114 valence electrons. The van der Waals surface area contributed by atoms with Crippen LogP contribution in [0.15, 0.2) is 22.7 Å². The van der Waals surface area contributed by atoms with Crippen LogP contribution in [-0.4, -0.2) is 22.8 Å². The average Bonchev–Trinajstić information content (AvgIpc) is 3.08. The van der Waals surface area contributed by atoms with Crippen LogP contribution in [0.2, 0.25) is 0 Å². The van der Waals surface area contributed by atoms with E-state index >= 15 is 0 Å². The molecule has 0 amide bonds. The van der Waals surface area contributed by atoms with Gasteiger partial charge < -0.3 is 13.7 Å². The van der Waals surface area contributed by atoms with Crippen molar-refractivity contribution in [3.8, 4) is 11.5 Å². The molecule has 0 saturated carbocycles. The van der Waals surface area contributed by atoms with Gasteiger partial charge in [-0.2, -0.15) is 0 Å². The van der Waals surface area contributed by atoms with Gasteiger partial charge in [-0.05, 0) is 25.5 Å². The van der Waals surface area contributed by atoms with E-state index in [-0.39, 0.29) is 5.41 Å². The van der Waals surface area contributed by atoms with Crippen LogP contribution >= 0.6 is 0 Å². The zero-order valence-electron chi connectivity index (χ0n) is 13.3. The zero-order valence-corrected chi connectivity index (χ0v) is 13.3. The smallest absolute Gasteiger partial charge is 0.154 e. The summed E-state index contributed by atoms with van der Waals surface area (Å²) >= 11 is 0. The van der Waals surface area contributed by atoms with Gasteiger partial charge in [0.05, 0.1) is 6.61 Å². The summed E-state index contributed by atoms with van der Waals surface area (Å²) in [7, 11) is 0. The number of furan rings is 1. The Kier molecular flexibility index (Phi) is 3.66. The Bertz CT molecular complexity index is 613. The van der Waals surface area contributed by atoms with Crippen LogP contribution in [0.5, 0.6) is 0 Å². The van der Waals surface area contributed by atoms with Crippen LogP contribution in [0.4, 0.5) is 0 Å². The second-order valence-electron chi connectivity index (χ2n) is 6.99. The molecule has 4 nitrogen and oxygen atoms in total. The van der Waals surface area contributed by atoms with Crippen molar-refractivity contribution >= 4 is 0 Å². The highest BCUT2D eigenvalue weighted by Gasteiger charge is 2.25. The Morgan fingerprint density at radius 3 is 2.71 bits per heavy atom. The van der Waals surface area contributed by atoms with Gasteiger partial charge in [0.25, 0.3) is 0 Å². The third-order valence-corrected chi connectivity index (χ3v) is 3.92. The summed E-state index contributed by atoms with van der Waals surface area (Å²) in [5.74, 6) is 3.46. The van der Waals surface area contributed by atoms with Crippen LogP contribution < -0.4 is 0 Å². The number of aryl methyl sites for hydroxylation is 1. The molecule has 1 aliphatic rings. The molecule has 0 aliphatic carbocycles. The fraction of sp³-hybridized carbons (Fsp3) is 0.588. The molecule has 0 bridgehead atoms. The van der Waals surface area contributed by atoms with Gasteiger partial charge in [0.2, 0.25) is 0 Å². The topological polar surface area (TPSA) is 40.2 Å². The van der Waals surface area contributed by atoms with Gasteiger partial charge in [0.1, 0.15) is 17.3 Å². The first-order valence-corrected chi connectivity index (χ1v) is 7.65. The van der Waals surface area contributed by atoms with E-state index < -0.39 is 0 Å². The maximum absolute atomic E-state index is 5.72. The van der Waals surface area contributed by atoms with Gasteiger partial charge in [-0.3, -0.25) is 0 Å². The minimum Gasteiger partial charge on any atom is -0.460 e. The van der Waals surface area contributed by atoms with Gasteiger partial charge >= 0.3 is 0 Å². The Hall–Kier alpha value is -1.55. The molecular formula is C17H24N2O2. The lowest BCUT2D eigenvalue weighted by molar-refractivity contribution is 0.182. The molecule has 1 unspecified atom stereocenters. The van der Waals surface area contributed by atoms with Crippen LogP contribution in [0, 0.1) is 12.8 Å². The summed E-state index contributed by atoms with van der Waals surface area (Å²) in [6.45, 7) is 11.3. The number of aromatic nitrogens is 2. The van der Waals surface area contributed by atoms with Gasteiger partial charge in [-0.25, -0.2) is 4.98 Å². The summed E-state index contributed by atoms with van der Waals surface area (Å²) in [6, 6.07) is 3.98. The molecule has 1 atom stereocenters. The maximum atomic E-state index is 5.72. The van der Waals surface area contributed by atoms with E-state index in [1.165, 1.54) is 0 Å². The molecule has 0 N–H and O–H groups in total. The van der Waals surface area contributed by atoms with Crippen LogP contribution in [0.3, 0.4) is 0 Å². The third kappa shape index (κ3) is 3.05. The fourth-order valence-corrected chi connectivity index (χ4v) is 2.85. The lowest BCUT2D eigenvalue weighted by atomic mass is 9.95. The highest BCUT2D eigenvalue weighted by molar-refractivity contribution is 5.52. The Morgan fingerprint density at radius 1 is 1.33 bits per heavy atom. The highest BCUT2D eigenvalue weighted by Crippen LogP contribution is 2.29. The van der Waals surface area contributed by atoms with Crippen LogP contribution in [0.25, 0.3) is 11.5 Å². The number of hydrogen-bond donors (Lipinski definition) is 0. The second-order valence-corrected chi connectivity index (χ2v) is 6.99. The summed E-state index contributed by atoms with van der Waals surface area (Å²) in [4.78, 5) is 4.84. The monoisotopic (exact) mass is 288 g/mol. The van der Waals surface area contributed by atoms with Crippen molar-refractivity contribution in [2.24, 2.45) is 5.92 Å². The largest absolute Gasteiger partial charge is 0.460 e. The van der Waals surface area contributed by atoms with E-state index in [2.05, 4.69) is 31.5 Å². The Labute approximate surface area is 126 Å². The number of ether oxygens (including phenoxy) is 1. The quantitative estimate of drug-likeness (QED) is 0.862. The van der Waals surface area contributed by atoms with Crippen LogP contribution in [-0.2, 0) is 16.7 Å². The molecule has 0 aromatic carbocycles. The summed E-state index contributed by atoms with van der Waals surface area (Å²) < 4.78 is 13.5. The molecule has 3 rings (SSSR count). The lowest BCUT2D eigenvalue weighted by Crippen LogP contribution is -2.21. The number of rotatable bonds is 3. The van der Waals surface area contributed by atoms with Crippen LogP contribution in [0.1, 0.15) is 38.8 Å². The molecular weight excluding hydrogens is 264 g/mol. The van der Waals surface area contributed by atoms with E-state index in [4.69, 9.17) is 14.1 Å². The first-order valence-electron chi connectivity index (χ1n) is 7.65. The summed E-state index contributed by atoms with van der Waals surface area (Å²) in [5.41, 5.74) is 0.936. The standard InChI is InChI=1S/C17H24N2O2/c1-12-5-6-15(21-12)14-10-19(9-13-7-8-20-11-13)16(18-14)17(2,3)4/h5-6,10,13H,7-9,11H2,1-4H3. The van der Waals surface area contributed by atoms with Crippen molar-refractivity contribution in [2.45, 2.75) is 46.1 Å². The third-order valence-electron chi connectivity index (χ3n) is 3.92. The van der Waals surface area contributed by atoms with E-state index in [9.17, 15) is 0 Å². The van der Waals surface area contributed by atoms with Crippen molar-refractivity contribution in [1.82, 2.24) is 9.55 Å².